The molecule has 0 amide bonds. The van der Waals surface area contributed by atoms with E-state index in [4.69, 9.17) is 9.72 Å². The topological polar surface area (TPSA) is 59.4 Å². The molecule has 5 nitrogen and oxygen atoms in total. The minimum Gasteiger partial charge on any atom is -0.490 e. The van der Waals surface area contributed by atoms with Gasteiger partial charge in [-0.05, 0) is 35.9 Å². The van der Waals surface area contributed by atoms with E-state index in [2.05, 4.69) is 30.7 Å². The molecule has 0 aliphatic carbocycles. The van der Waals surface area contributed by atoms with Crippen molar-refractivity contribution >= 4 is 21.6 Å². The second-order valence-corrected chi connectivity index (χ2v) is 8.29. The monoisotopic (exact) mass is 418 g/mol. The zero-order valence-corrected chi connectivity index (χ0v) is 17.7. The Kier molecular flexibility index (Phi) is 6.07. The average Bonchev–Trinajstić information content (AvgIpc) is 3.19. The number of rotatable bonds is 8. The van der Waals surface area contributed by atoms with Gasteiger partial charge in [-0.25, -0.2) is 4.98 Å². The molecule has 152 valence electrons. The molecule has 6 heteroatoms. The van der Waals surface area contributed by atoms with Crippen molar-refractivity contribution in [2.45, 2.75) is 13.1 Å². The Morgan fingerprint density at radius 1 is 1.13 bits per heavy atom. The molecule has 0 fully saturated rings. The first-order valence-electron chi connectivity index (χ1n) is 9.84. The lowest BCUT2D eigenvalue weighted by atomic mass is 10.2. The van der Waals surface area contributed by atoms with Gasteiger partial charge in [0.15, 0.2) is 5.82 Å². The summed E-state index contributed by atoms with van der Waals surface area (Å²) in [5, 5.41) is 0.648. The fourth-order valence-electron chi connectivity index (χ4n) is 3.36. The molecule has 0 spiro atoms. The number of hydrogen-bond donors (Lipinski definition) is 2. The lowest BCUT2D eigenvalue weighted by molar-refractivity contribution is -0.908. The zero-order chi connectivity index (χ0) is 20.9. The number of H-pyrrole nitrogens is 1. The molecule has 2 heterocycles. The molecule has 0 radical (unpaired) electrons. The van der Waals surface area contributed by atoms with Crippen molar-refractivity contribution in [3.63, 3.8) is 0 Å². The second-order valence-electron chi connectivity index (χ2n) is 7.26. The smallest absolute Gasteiger partial charge is 0.259 e. The van der Waals surface area contributed by atoms with Crippen molar-refractivity contribution in [3.8, 4) is 16.2 Å². The van der Waals surface area contributed by atoms with E-state index in [9.17, 15) is 4.79 Å². The molecule has 0 saturated heterocycles. The number of nitrogens with one attached hydrogen (secondary N) is 2. The first kappa shape index (κ1) is 20.1. The van der Waals surface area contributed by atoms with Crippen molar-refractivity contribution in [1.29, 1.82) is 0 Å². The number of ether oxygens (including phenoxy) is 1. The number of quaternary nitrogens is 1. The minimum atomic E-state index is -0.0787. The summed E-state index contributed by atoms with van der Waals surface area (Å²) >= 11 is 1.56. The van der Waals surface area contributed by atoms with Crippen LogP contribution in [0.15, 0.2) is 78.1 Å². The van der Waals surface area contributed by atoms with Gasteiger partial charge in [0.05, 0.1) is 12.4 Å². The van der Waals surface area contributed by atoms with Gasteiger partial charge in [-0.3, -0.25) is 4.79 Å². The average molecular weight is 419 g/mol. The molecule has 2 aromatic carbocycles. The largest absolute Gasteiger partial charge is 0.490 e. The van der Waals surface area contributed by atoms with Crippen LogP contribution in [0.3, 0.4) is 0 Å². The summed E-state index contributed by atoms with van der Waals surface area (Å²) in [7, 11) is 2.09. The molecule has 0 bridgehead atoms. The summed E-state index contributed by atoms with van der Waals surface area (Å²) in [5.74, 6) is 1.54. The van der Waals surface area contributed by atoms with E-state index >= 15 is 0 Å². The van der Waals surface area contributed by atoms with Gasteiger partial charge in [-0.1, -0.05) is 43.0 Å². The Morgan fingerprint density at radius 3 is 2.63 bits per heavy atom. The summed E-state index contributed by atoms with van der Waals surface area (Å²) in [5.41, 5.74) is 2.22. The Balaban J connectivity index is 1.48. The van der Waals surface area contributed by atoms with E-state index in [1.165, 1.54) is 10.5 Å². The first-order valence-corrected chi connectivity index (χ1v) is 10.7. The Bertz CT molecular complexity index is 1200. The summed E-state index contributed by atoms with van der Waals surface area (Å²) in [6.07, 6.45) is 1.73. The normalized spacial score (nSPS) is 12.0. The fourth-order valence-corrected chi connectivity index (χ4v) is 4.42. The van der Waals surface area contributed by atoms with Crippen molar-refractivity contribution in [1.82, 2.24) is 9.97 Å². The van der Waals surface area contributed by atoms with Crippen molar-refractivity contribution in [2.24, 2.45) is 0 Å². The zero-order valence-electron chi connectivity index (χ0n) is 16.9. The van der Waals surface area contributed by atoms with Gasteiger partial charge >= 0.3 is 0 Å². The molecule has 2 aromatic heterocycles. The number of fused-ring (bicyclic) bond motifs is 1. The maximum absolute atomic E-state index is 12.6. The quantitative estimate of drug-likeness (QED) is 0.431. The van der Waals surface area contributed by atoms with Crippen LogP contribution in [-0.4, -0.2) is 23.6 Å². The summed E-state index contributed by atoms with van der Waals surface area (Å²) in [6.45, 7) is 5.62. The van der Waals surface area contributed by atoms with Crippen LogP contribution in [0.1, 0.15) is 11.4 Å². The minimum absolute atomic E-state index is 0.0787. The van der Waals surface area contributed by atoms with Gasteiger partial charge in [0.1, 0.15) is 30.3 Å². The SMILES string of the molecule is C=CCOc1ccc(C[NH+](C)Cc2nc3sc(-c4ccccc4)cc3c(=O)[nH]2)cc1. The molecule has 0 saturated carbocycles. The van der Waals surface area contributed by atoms with Crippen LogP contribution in [0.5, 0.6) is 5.75 Å². The van der Waals surface area contributed by atoms with Crippen molar-refractivity contribution in [3.05, 3.63) is 95.1 Å². The fraction of sp³-hybridized carbons (Fsp3) is 0.167. The van der Waals surface area contributed by atoms with E-state index in [1.54, 1.807) is 17.4 Å². The summed E-state index contributed by atoms with van der Waals surface area (Å²) in [4.78, 5) is 23.3. The highest BCUT2D eigenvalue weighted by Gasteiger charge is 2.13. The molecule has 1 atom stereocenters. The van der Waals surface area contributed by atoms with E-state index in [0.717, 1.165) is 27.6 Å². The van der Waals surface area contributed by atoms with Gasteiger partial charge in [0, 0.05) is 10.4 Å². The number of aromatic nitrogens is 2. The Hall–Kier alpha value is -3.22. The highest BCUT2D eigenvalue weighted by Crippen LogP contribution is 2.30. The third-order valence-electron chi connectivity index (χ3n) is 4.78. The van der Waals surface area contributed by atoms with Gasteiger partial charge in [-0.2, -0.15) is 0 Å². The number of thiophene rings is 1. The predicted octanol–water partition coefficient (Wildman–Crippen LogP) is 3.43. The highest BCUT2D eigenvalue weighted by atomic mass is 32.1. The molecule has 4 rings (SSSR count). The van der Waals surface area contributed by atoms with Crippen LogP contribution in [0.2, 0.25) is 0 Å². The number of benzene rings is 2. The highest BCUT2D eigenvalue weighted by molar-refractivity contribution is 7.21. The second kappa shape index (κ2) is 9.07. The summed E-state index contributed by atoms with van der Waals surface area (Å²) < 4.78 is 5.53. The predicted molar refractivity (Wildman–Crippen MR) is 122 cm³/mol. The van der Waals surface area contributed by atoms with Gasteiger partial charge in [0.25, 0.3) is 5.56 Å². The molecule has 0 aliphatic heterocycles. The summed E-state index contributed by atoms with van der Waals surface area (Å²) in [6, 6.07) is 20.1. The third-order valence-corrected chi connectivity index (χ3v) is 5.85. The lowest BCUT2D eigenvalue weighted by Gasteiger charge is -2.14. The maximum Gasteiger partial charge on any atom is 0.259 e. The Morgan fingerprint density at radius 2 is 1.90 bits per heavy atom. The number of aromatic amines is 1. The maximum atomic E-state index is 12.6. The van der Waals surface area contributed by atoms with Crippen molar-refractivity contribution < 1.29 is 9.64 Å². The number of nitrogens with zero attached hydrogens (tertiary/aromatic N) is 1. The van der Waals surface area contributed by atoms with E-state index in [0.29, 0.717) is 24.4 Å². The third kappa shape index (κ3) is 4.67. The van der Waals surface area contributed by atoms with E-state index in [1.807, 2.05) is 48.5 Å². The molecular formula is C24H24N3O2S+. The van der Waals surface area contributed by atoms with Crippen LogP contribution >= 0.6 is 11.3 Å². The van der Waals surface area contributed by atoms with Crippen molar-refractivity contribution in [2.75, 3.05) is 13.7 Å². The van der Waals surface area contributed by atoms with Crippen LogP contribution in [0, 0.1) is 0 Å². The Labute approximate surface area is 179 Å². The van der Waals surface area contributed by atoms with Gasteiger partial charge in [-0.15, -0.1) is 11.3 Å². The molecule has 0 aliphatic rings. The van der Waals surface area contributed by atoms with Gasteiger partial charge in [0.2, 0.25) is 0 Å². The number of hydrogen-bond acceptors (Lipinski definition) is 4. The van der Waals surface area contributed by atoms with Gasteiger partial charge < -0.3 is 14.6 Å². The molecule has 2 N–H and O–H groups in total. The van der Waals surface area contributed by atoms with E-state index < -0.39 is 0 Å². The molecule has 1 unspecified atom stereocenters. The first-order chi connectivity index (χ1) is 14.6. The molecule has 4 aromatic rings. The molecule has 30 heavy (non-hydrogen) atoms. The lowest BCUT2D eigenvalue weighted by Crippen LogP contribution is -3.06. The van der Waals surface area contributed by atoms with Crippen LogP contribution in [-0.2, 0) is 13.1 Å². The van der Waals surface area contributed by atoms with Crippen LogP contribution in [0.25, 0.3) is 20.7 Å². The van der Waals surface area contributed by atoms with Crippen LogP contribution in [0.4, 0.5) is 0 Å². The van der Waals surface area contributed by atoms with E-state index in [-0.39, 0.29) is 5.56 Å². The standard InChI is InChI=1S/C24H23N3O2S/c1-3-13-29-19-11-9-17(10-12-19)15-27(2)16-22-25-23(28)20-14-21(30-24(20)26-22)18-7-5-4-6-8-18/h3-12,14H,1,13,15-16H2,2H3,(H,25,26,28)/p+1. The van der Waals surface area contributed by atoms with Crippen LogP contribution < -0.4 is 15.2 Å². The molecular weight excluding hydrogens is 394 g/mol.